The highest BCUT2D eigenvalue weighted by Crippen LogP contribution is 2.14. The Morgan fingerprint density at radius 3 is 2.80 bits per heavy atom. The number of aryl methyl sites for hydroxylation is 1. The zero-order valence-electron chi connectivity index (χ0n) is 9.15. The molecule has 1 N–H and O–H groups in total. The number of nitrogens with zero attached hydrogens (tertiary/aromatic N) is 1. The van der Waals surface area contributed by atoms with E-state index in [2.05, 4.69) is 4.98 Å². The van der Waals surface area contributed by atoms with Gasteiger partial charge >= 0.3 is 5.97 Å². The fourth-order valence-corrected chi connectivity index (χ4v) is 1.25. The molecule has 1 aromatic heterocycles. The van der Waals surface area contributed by atoms with Crippen molar-refractivity contribution < 1.29 is 14.6 Å². The van der Waals surface area contributed by atoms with E-state index in [1.54, 1.807) is 32.9 Å². The molecule has 1 heterocycles. The second-order valence-electron chi connectivity index (χ2n) is 3.32. The van der Waals surface area contributed by atoms with Crippen LogP contribution in [0.2, 0.25) is 0 Å². The third-order valence-electron chi connectivity index (χ3n) is 1.94. The van der Waals surface area contributed by atoms with Crippen LogP contribution >= 0.6 is 0 Å². The summed E-state index contributed by atoms with van der Waals surface area (Å²) in [7, 11) is 0. The van der Waals surface area contributed by atoms with Gasteiger partial charge in [0, 0.05) is 5.69 Å². The quantitative estimate of drug-likeness (QED) is 0.768. The molecule has 4 nitrogen and oxygen atoms in total. The fourth-order valence-electron chi connectivity index (χ4n) is 1.25. The SMILES string of the molecule is CCOC(=O)c1cc(C(C)O)cc(C)n1. The van der Waals surface area contributed by atoms with Crippen LogP contribution in [-0.4, -0.2) is 22.7 Å². The summed E-state index contributed by atoms with van der Waals surface area (Å²) in [5.41, 5.74) is 1.61. The lowest BCUT2D eigenvalue weighted by Gasteiger charge is -2.08. The van der Waals surface area contributed by atoms with Crippen molar-refractivity contribution in [3.8, 4) is 0 Å². The third kappa shape index (κ3) is 3.02. The van der Waals surface area contributed by atoms with Gasteiger partial charge in [0.2, 0.25) is 0 Å². The van der Waals surface area contributed by atoms with Gasteiger partial charge in [-0.05, 0) is 38.5 Å². The minimum atomic E-state index is -0.611. The molecule has 1 unspecified atom stereocenters. The first-order valence-corrected chi connectivity index (χ1v) is 4.88. The zero-order valence-corrected chi connectivity index (χ0v) is 9.15. The maximum atomic E-state index is 11.4. The van der Waals surface area contributed by atoms with Crippen LogP contribution in [-0.2, 0) is 4.74 Å². The second kappa shape index (κ2) is 4.89. The molecule has 0 amide bonds. The standard InChI is InChI=1S/C11H15NO3/c1-4-15-11(14)10-6-9(8(3)13)5-7(2)12-10/h5-6,8,13H,4H2,1-3H3. The van der Waals surface area contributed by atoms with Gasteiger partial charge < -0.3 is 9.84 Å². The summed E-state index contributed by atoms with van der Waals surface area (Å²) in [6, 6.07) is 3.29. The van der Waals surface area contributed by atoms with Crippen LogP contribution in [0.5, 0.6) is 0 Å². The molecule has 0 aromatic carbocycles. The predicted molar refractivity (Wildman–Crippen MR) is 55.6 cm³/mol. The summed E-state index contributed by atoms with van der Waals surface area (Å²) in [4.78, 5) is 15.5. The Morgan fingerprint density at radius 1 is 1.60 bits per heavy atom. The van der Waals surface area contributed by atoms with Crippen LogP contribution in [0, 0.1) is 6.92 Å². The minimum absolute atomic E-state index is 0.243. The van der Waals surface area contributed by atoms with E-state index in [-0.39, 0.29) is 5.69 Å². The Balaban J connectivity index is 3.03. The van der Waals surface area contributed by atoms with Crippen molar-refractivity contribution in [3.05, 3.63) is 29.1 Å². The van der Waals surface area contributed by atoms with E-state index >= 15 is 0 Å². The third-order valence-corrected chi connectivity index (χ3v) is 1.94. The topological polar surface area (TPSA) is 59.4 Å². The molecule has 4 heteroatoms. The van der Waals surface area contributed by atoms with E-state index in [1.807, 2.05) is 0 Å². The number of esters is 1. The molecule has 1 aromatic rings. The molecule has 0 aliphatic heterocycles. The number of hydrogen-bond donors (Lipinski definition) is 1. The highest BCUT2D eigenvalue weighted by molar-refractivity contribution is 5.87. The first-order chi connectivity index (χ1) is 7.04. The number of hydrogen-bond acceptors (Lipinski definition) is 4. The number of pyridine rings is 1. The monoisotopic (exact) mass is 209 g/mol. The Morgan fingerprint density at radius 2 is 2.27 bits per heavy atom. The van der Waals surface area contributed by atoms with Crippen LogP contribution < -0.4 is 0 Å². The summed E-state index contributed by atoms with van der Waals surface area (Å²) in [6.07, 6.45) is -0.611. The number of carbonyl (C=O) groups is 1. The number of aromatic nitrogens is 1. The fraction of sp³-hybridized carbons (Fsp3) is 0.455. The van der Waals surface area contributed by atoms with Crippen molar-refractivity contribution in [3.63, 3.8) is 0 Å². The summed E-state index contributed by atoms with van der Waals surface area (Å²) >= 11 is 0. The normalized spacial score (nSPS) is 12.3. The molecule has 0 spiro atoms. The lowest BCUT2D eigenvalue weighted by molar-refractivity contribution is 0.0519. The first kappa shape index (κ1) is 11.7. The van der Waals surface area contributed by atoms with Crippen molar-refractivity contribution in [2.24, 2.45) is 0 Å². The Bertz CT molecular complexity index is 361. The molecule has 0 aliphatic carbocycles. The van der Waals surface area contributed by atoms with Crippen molar-refractivity contribution in [1.82, 2.24) is 4.98 Å². The molecule has 82 valence electrons. The number of aliphatic hydroxyl groups is 1. The van der Waals surface area contributed by atoms with E-state index in [0.29, 0.717) is 17.9 Å². The van der Waals surface area contributed by atoms with Crippen LogP contribution in [0.25, 0.3) is 0 Å². The maximum Gasteiger partial charge on any atom is 0.356 e. The number of carbonyl (C=O) groups excluding carboxylic acids is 1. The van der Waals surface area contributed by atoms with Gasteiger partial charge in [0.1, 0.15) is 5.69 Å². The smallest absolute Gasteiger partial charge is 0.356 e. The zero-order chi connectivity index (χ0) is 11.4. The van der Waals surface area contributed by atoms with Crippen molar-refractivity contribution in [1.29, 1.82) is 0 Å². The number of aliphatic hydroxyl groups excluding tert-OH is 1. The lowest BCUT2D eigenvalue weighted by Crippen LogP contribution is -2.09. The molecule has 1 rings (SSSR count). The molecule has 0 aliphatic rings. The van der Waals surface area contributed by atoms with Gasteiger partial charge in [0.05, 0.1) is 12.7 Å². The summed E-state index contributed by atoms with van der Waals surface area (Å²) in [5.74, 6) is -0.455. The van der Waals surface area contributed by atoms with Gasteiger partial charge in [0.15, 0.2) is 0 Å². The highest BCUT2D eigenvalue weighted by Gasteiger charge is 2.12. The molecule has 15 heavy (non-hydrogen) atoms. The van der Waals surface area contributed by atoms with Crippen LogP contribution in [0.15, 0.2) is 12.1 Å². The molecule has 0 bridgehead atoms. The van der Waals surface area contributed by atoms with Gasteiger partial charge in [0.25, 0.3) is 0 Å². The Kier molecular flexibility index (Phi) is 3.80. The second-order valence-corrected chi connectivity index (χ2v) is 3.32. The van der Waals surface area contributed by atoms with Gasteiger partial charge in [-0.25, -0.2) is 9.78 Å². The lowest BCUT2D eigenvalue weighted by atomic mass is 10.1. The predicted octanol–water partition coefficient (Wildman–Crippen LogP) is 1.62. The van der Waals surface area contributed by atoms with Gasteiger partial charge in [-0.15, -0.1) is 0 Å². The number of rotatable bonds is 3. The van der Waals surface area contributed by atoms with E-state index in [9.17, 15) is 9.90 Å². The van der Waals surface area contributed by atoms with E-state index in [4.69, 9.17) is 4.74 Å². The van der Waals surface area contributed by atoms with Crippen molar-refractivity contribution in [2.75, 3.05) is 6.61 Å². The number of ether oxygens (including phenoxy) is 1. The first-order valence-electron chi connectivity index (χ1n) is 4.88. The highest BCUT2D eigenvalue weighted by atomic mass is 16.5. The van der Waals surface area contributed by atoms with E-state index in [1.165, 1.54) is 0 Å². The van der Waals surface area contributed by atoms with Crippen LogP contribution in [0.1, 0.15) is 41.7 Å². The van der Waals surface area contributed by atoms with E-state index in [0.717, 1.165) is 0 Å². The Hall–Kier alpha value is -1.42. The average molecular weight is 209 g/mol. The van der Waals surface area contributed by atoms with E-state index < -0.39 is 12.1 Å². The Labute approximate surface area is 88.9 Å². The van der Waals surface area contributed by atoms with Gasteiger partial charge in [-0.3, -0.25) is 0 Å². The molecule has 0 fully saturated rings. The van der Waals surface area contributed by atoms with Crippen molar-refractivity contribution >= 4 is 5.97 Å². The molecule has 0 radical (unpaired) electrons. The summed E-state index contributed by atoms with van der Waals surface area (Å²) < 4.78 is 4.83. The molecule has 1 atom stereocenters. The summed E-state index contributed by atoms with van der Waals surface area (Å²) in [5, 5.41) is 9.40. The minimum Gasteiger partial charge on any atom is -0.461 e. The molecule has 0 saturated carbocycles. The van der Waals surface area contributed by atoms with Crippen LogP contribution in [0.4, 0.5) is 0 Å². The largest absolute Gasteiger partial charge is 0.461 e. The molecule has 0 saturated heterocycles. The average Bonchev–Trinajstić information content (AvgIpc) is 2.17. The molecular formula is C11H15NO3. The van der Waals surface area contributed by atoms with Crippen LogP contribution in [0.3, 0.4) is 0 Å². The maximum absolute atomic E-state index is 11.4. The van der Waals surface area contributed by atoms with Gasteiger partial charge in [-0.2, -0.15) is 0 Å². The van der Waals surface area contributed by atoms with Gasteiger partial charge in [-0.1, -0.05) is 0 Å². The summed E-state index contributed by atoms with van der Waals surface area (Å²) in [6.45, 7) is 5.47. The van der Waals surface area contributed by atoms with Crippen molar-refractivity contribution in [2.45, 2.75) is 26.9 Å². The molecular weight excluding hydrogens is 194 g/mol.